The van der Waals surface area contributed by atoms with Gasteiger partial charge in [0.1, 0.15) is 0 Å². The zero-order chi connectivity index (χ0) is 19.1. The number of carbonyl (C=O) groups is 2. The second-order valence-electron chi connectivity index (χ2n) is 8.18. The maximum atomic E-state index is 13.2. The summed E-state index contributed by atoms with van der Waals surface area (Å²) in [6.45, 7) is 1.60. The van der Waals surface area contributed by atoms with Crippen LogP contribution in [0.4, 0.5) is 5.13 Å². The van der Waals surface area contributed by atoms with E-state index in [0.29, 0.717) is 18.8 Å². The Balaban J connectivity index is 1.35. The van der Waals surface area contributed by atoms with Crippen molar-refractivity contribution in [3.63, 3.8) is 0 Å². The molecule has 2 aromatic rings. The summed E-state index contributed by atoms with van der Waals surface area (Å²) in [6.07, 6.45) is 6.51. The molecule has 0 N–H and O–H groups in total. The van der Waals surface area contributed by atoms with Crippen LogP contribution in [0.15, 0.2) is 35.7 Å². The van der Waals surface area contributed by atoms with Gasteiger partial charge in [0.15, 0.2) is 5.13 Å². The van der Waals surface area contributed by atoms with Crippen LogP contribution in [0, 0.1) is 5.92 Å². The number of anilines is 1. The van der Waals surface area contributed by atoms with Gasteiger partial charge in [-0.3, -0.25) is 14.5 Å². The number of rotatable bonds is 4. The Kier molecular flexibility index (Phi) is 4.46. The minimum Gasteiger partial charge on any atom is -0.332 e. The van der Waals surface area contributed by atoms with Gasteiger partial charge >= 0.3 is 0 Å². The Morgan fingerprint density at radius 2 is 2.07 bits per heavy atom. The number of hydrogen-bond donors (Lipinski definition) is 0. The van der Waals surface area contributed by atoms with E-state index in [4.69, 9.17) is 0 Å². The predicted molar refractivity (Wildman–Crippen MR) is 109 cm³/mol. The van der Waals surface area contributed by atoms with E-state index in [-0.39, 0.29) is 17.4 Å². The monoisotopic (exact) mass is 395 g/mol. The second-order valence-corrected chi connectivity index (χ2v) is 9.02. The minimum absolute atomic E-state index is 0.125. The van der Waals surface area contributed by atoms with Crippen LogP contribution in [0.1, 0.15) is 49.8 Å². The Morgan fingerprint density at radius 3 is 2.82 bits per heavy atom. The summed E-state index contributed by atoms with van der Waals surface area (Å²) in [5, 5.41) is 2.67. The fourth-order valence-electron chi connectivity index (χ4n) is 5.29. The molecule has 1 saturated carbocycles. The van der Waals surface area contributed by atoms with Crippen LogP contribution < -0.4 is 4.90 Å². The molecule has 1 aromatic heterocycles. The van der Waals surface area contributed by atoms with Crippen LogP contribution in [-0.2, 0) is 21.5 Å². The molecule has 3 fully saturated rings. The fourth-order valence-corrected chi connectivity index (χ4v) is 6.15. The third-order valence-corrected chi connectivity index (χ3v) is 7.58. The molecule has 5 nitrogen and oxygen atoms in total. The Hall–Kier alpha value is -2.21. The second kappa shape index (κ2) is 6.99. The SMILES string of the molecule is O=C1CCCN1c1nc(CC(=O)N2CC3CCCCC32c2ccccc2)cs1. The number of fused-ring (bicyclic) bond motifs is 1. The van der Waals surface area contributed by atoms with Crippen molar-refractivity contribution < 1.29 is 9.59 Å². The van der Waals surface area contributed by atoms with Gasteiger partial charge in [0.2, 0.25) is 11.8 Å². The zero-order valence-corrected chi connectivity index (χ0v) is 16.8. The van der Waals surface area contributed by atoms with Crippen molar-refractivity contribution >= 4 is 28.3 Å². The average Bonchev–Trinajstić information content (AvgIpc) is 3.32. The molecule has 5 rings (SSSR count). The molecule has 3 aliphatic rings. The zero-order valence-electron chi connectivity index (χ0n) is 16.0. The standard InChI is InChI=1S/C22H25N3O2S/c26-19-10-6-12-24(19)21-23-18(15-28-21)13-20(27)25-14-17-9-4-5-11-22(17,25)16-7-2-1-3-8-16/h1-3,7-8,15,17H,4-6,9-14H2. The third kappa shape index (κ3) is 2.77. The third-order valence-electron chi connectivity index (χ3n) is 6.67. The topological polar surface area (TPSA) is 53.5 Å². The smallest absolute Gasteiger partial charge is 0.229 e. The summed E-state index contributed by atoms with van der Waals surface area (Å²) in [5.41, 5.74) is 1.94. The van der Waals surface area contributed by atoms with E-state index >= 15 is 0 Å². The van der Waals surface area contributed by atoms with Gasteiger partial charge in [-0.05, 0) is 24.8 Å². The molecule has 1 aliphatic carbocycles. The van der Waals surface area contributed by atoms with E-state index in [1.54, 1.807) is 4.90 Å². The van der Waals surface area contributed by atoms with Crippen molar-refractivity contribution in [2.24, 2.45) is 5.92 Å². The van der Waals surface area contributed by atoms with E-state index in [2.05, 4.69) is 34.1 Å². The molecule has 28 heavy (non-hydrogen) atoms. The molecule has 0 radical (unpaired) electrons. The highest BCUT2D eigenvalue weighted by molar-refractivity contribution is 7.14. The van der Waals surface area contributed by atoms with Crippen LogP contribution in [0.2, 0.25) is 0 Å². The van der Waals surface area contributed by atoms with E-state index in [1.165, 1.54) is 36.2 Å². The first-order chi connectivity index (χ1) is 13.7. The van der Waals surface area contributed by atoms with Crippen molar-refractivity contribution in [3.05, 3.63) is 47.0 Å². The molecule has 2 saturated heterocycles. The lowest BCUT2D eigenvalue weighted by Crippen LogP contribution is -2.67. The van der Waals surface area contributed by atoms with Crippen molar-refractivity contribution in [1.29, 1.82) is 0 Å². The molecular formula is C22H25N3O2S. The molecule has 6 heteroatoms. The number of aromatic nitrogens is 1. The van der Waals surface area contributed by atoms with Crippen LogP contribution in [-0.4, -0.2) is 34.8 Å². The van der Waals surface area contributed by atoms with Crippen molar-refractivity contribution in [3.8, 4) is 0 Å². The van der Waals surface area contributed by atoms with Crippen LogP contribution in [0.5, 0.6) is 0 Å². The van der Waals surface area contributed by atoms with Crippen LogP contribution >= 0.6 is 11.3 Å². The summed E-state index contributed by atoms with van der Waals surface area (Å²) in [6, 6.07) is 10.6. The van der Waals surface area contributed by atoms with Gasteiger partial charge in [-0.15, -0.1) is 11.3 Å². The number of carbonyl (C=O) groups excluding carboxylic acids is 2. The minimum atomic E-state index is -0.125. The molecule has 2 amide bonds. The van der Waals surface area contributed by atoms with Gasteiger partial charge in [-0.25, -0.2) is 4.98 Å². The predicted octanol–water partition coefficient (Wildman–Crippen LogP) is 3.74. The van der Waals surface area contributed by atoms with E-state index in [9.17, 15) is 9.59 Å². The van der Waals surface area contributed by atoms with Crippen molar-refractivity contribution in [2.75, 3.05) is 18.0 Å². The number of nitrogens with zero attached hydrogens (tertiary/aromatic N) is 3. The largest absolute Gasteiger partial charge is 0.332 e. The molecule has 0 bridgehead atoms. The van der Waals surface area contributed by atoms with Crippen LogP contribution in [0.3, 0.4) is 0 Å². The fraction of sp³-hybridized carbons (Fsp3) is 0.500. The highest BCUT2D eigenvalue weighted by atomic mass is 32.1. The maximum absolute atomic E-state index is 13.2. The average molecular weight is 396 g/mol. The summed E-state index contributed by atoms with van der Waals surface area (Å²) in [4.78, 5) is 33.6. The lowest BCUT2D eigenvalue weighted by atomic mass is 9.61. The van der Waals surface area contributed by atoms with Gasteiger partial charge in [0.25, 0.3) is 0 Å². The molecule has 1 aromatic carbocycles. The molecular weight excluding hydrogens is 370 g/mol. The molecule has 2 unspecified atom stereocenters. The van der Waals surface area contributed by atoms with Gasteiger partial charge in [-0.1, -0.05) is 43.2 Å². The van der Waals surface area contributed by atoms with Gasteiger partial charge in [0.05, 0.1) is 17.7 Å². The lowest BCUT2D eigenvalue weighted by Gasteiger charge is -2.61. The van der Waals surface area contributed by atoms with E-state index in [1.807, 2.05) is 11.4 Å². The van der Waals surface area contributed by atoms with Crippen molar-refractivity contribution in [1.82, 2.24) is 9.88 Å². The quantitative estimate of drug-likeness (QED) is 0.792. The van der Waals surface area contributed by atoms with E-state index < -0.39 is 0 Å². The maximum Gasteiger partial charge on any atom is 0.229 e. The van der Waals surface area contributed by atoms with Crippen LogP contribution in [0.25, 0.3) is 0 Å². The lowest BCUT2D eigenvalue weighted by molar-refractivity contribution is -0.166. The molecule has 3 heterocycles. The number of thiazole rings is 1. The Labute approximate surface area is 169 Å². The highest BCUT2D eigenvalue weighted by Crippen LogP contribution is 2.53. The summed E-state index contributed by atoms with van der Waals surface area (Å²) in [7, 11) is 0. The molecule has 2 aliphatic heterocycles. The first-order valence-corrected chi connectivity index (χ1v) is 11.2. The Morgan fingerprint density at radius 1 is 1.21 bits per heavy atom. The number of likely N-dealkylation sites (tertiary alicyclic amines) is 1. The highest BCUT2D eigenvalue weighted by Gasteiger charge is 2.56. The number of benzene rings is 1. The first kappa shape index (κ1) is 17.9. The van der Waals surface area contributed by atoms with Gasteiger partial charge < -0.3 is 4.90 Å². The number of amides is 2. The number of hydrogen-bond acceptors (Lipinski definition) is 4. The summed E-state index contributed by atoms with van der Waals surface area (Å²) in [5.74, 6) is 0.871. The molecule has 2 atom stereocenters. The van der Waals surface area contributed by atoms with Gasteiger partial charge in [0, 0.05) is 30.8 Å². The molecule has 146 valence electrons. The van der Waals surface area contributed by atoms with Gasteiger partial charge in [-0.2, -0.15) is 0 Å². The Bertz CT molecular complexity index is 896. The van der Waals surface area contributed by atoms with E-state index in [0.717, 1.165) is 36.8 Å². The van der Waals surface area contributed by atoms with Crippen molar-refractivity contribution in [2.45, 2.75) is 50.5 Å². The first-order valence-electron chi connectivity index (χ1n) is 10.3. The molecule has 0 spiro atoms. The summed E-state index contributed by atoms with van der Waals surface area (Å²) < 4.78 is 0. The normalized spacial score (nSPS) is 26.9. The summed E-state index contributed by atoms with van der Waals surface area (Å²) >= 11 is 1.47.